The van der Waals surface area contributed by atoms with Crippen LogP contribution in [-0.2, 0) is 12.6 Å². The summed E-state index contributed by atoms with van der Waals surface area (Å²) in [5.74, 6) is 0.724. The van der Waals surface area contributed by atoms with Crippen LogP contribution in [0.1, 0.15) is 31.9 Å². The lowest BCUT2D eigenvalue weighted by molar-refractivity contribution is -0.137. The maximum absolute atomic E-state index is 12.6. The van der Waals surface area contributed by atoms with Gasteiger partial charge in [-0.3, -0.25) is 0 Å². The minimum absolute atomic E-state index is 0.183. The van der Waals surface area contributed by atoms with Crippen LogP contribution in [0.25, 0.3) is 0 Å². The van der Waals surface area contributed by atoms with Crippen LogP contribution >= 0.6 is 0 Å². The van der Waals surface area contributed by atoms with Crippen LogP contribution in [0.4, 0.5) is 13.2 Å². The van der Waals surface area contributed by atoms with Gasteiger partial charge in [-0.2, -0.15) is 13.2 Å². The molecule has 0 bridgehead atoms. The molecule has 114 valence electrons. The van der Waals surface area contributed by atoms with Crippen molar-refractivity contribution < 1.29 is 17.9 Å². The van der Waals surface area contributed by atoms with Crippen LogP contribution in [-0.4, -0.2) is 0 Å². The molecule has 0 saturated carbocycles. The molecule has 0 radical (unpaired) electrons. The molecule has 2 aromatic rings. The number of ether oxygens (including phenoxy) is 1. The SMILES string of the molecule is CC.CCc1cccc(Oc2cccc(C(F)(F)F)c2)c1. The average Bonchev–Trinajstić information content (AvgIpc) is 2.49. The lowest BCUT2D eigenvalue weighted by Gasteiger charge is -2.10. The Labute approximate surface area is 123 Å². The summed E-state index contributed by atoms with van der Waals surface area (Å²) in [6.07, 6.45) is -3.51. The first kappa shape index (κ1) is 17.1. The van der Waals surface area contributed by atoms with Crippen molar-refractivity contribution in [1.29, 1.82) is 0 Å². The number of benzene rings is 2. The molecule has 0 aliphatic heterocycles. The summed E-state index contributed by atoms with van der Waals surface area (Å²) in [4.78, 5) is 0. The number of alkyl halides is 3. The van der Waals surface area contributed by atoms with Crippen molar-refractivity contribution in [3.8, 4) is 11.5 Å². The Morgan fingerprint density at radius 1 is 0.905 bits per heavy atom. The van der Waals surface area contributed by atoms with Gasteiger partial charge in [-0.1, -0.05) is 39.0 Å². The van der Waals surface area contributed by atoms with E-state index < -0.39 is 11.7 Å². The van der Waals surface area contributed by atoms with Gasteiger partial charge in [0.15, 0.2) is 0 Å². The van der Waals surface area contributed by atoms with Crippen LogP contribution in [0, 0.1) is 0 Å². The minimum Gasteiger partial charge on any atom is -0.457 e. The van der Waals surface area contributed by atoms with Crippen molar-refractivity contribution in [2.45, 2.75) is 33.4 Å². The Morgan fingerprint density at radius 2 is 1.48 bits per heavy atom. The standard InChI is InChI=1S/C15H13F3O.C2H6/c1-2-11-5-3-7-13(9-11)19-14-8-4-6-12(10-14)15(16,17)18;1-2/h3-10H,2H2,1H3;1-2H3. The molecule has 0 aliphatic rings. The monoisotopic (exact) mass is 296 g/mol. The van der Waals surface area contributed by atoms with E-state index in [0.29, 0.717) is 5.75 Å². The highest BCUT2D eigenvalue weighted by molar-refractivity contribution is 5.36. The van der Waals surface area contributed by atoms with Crippen molar-refractivity contribution in [3.05, 3.63) is 59.7 Å². The number of hydrogen-bond acceptors (Lipinski definition) is 1. The van der Waals surface area contributed by atoms with Crippen molar-refractivity contribution in [2.24, 2.45) is 0 Å². The van der Waals surface area contributed by atoms with E-state index in [-0.39, 0.29) is 5.75 Å². The van der Waals surface area contributed by atoms with Gasteiger partial charge < -0.3 is 4.74 Å². The summed E-state index contributed by atoms with van der Waals surface area (Å²) in [6.45, 7) is 6.00. The van der Waals surface area contributed by atoms with Gasteiger partial charge in [0.1, 0.15) is 11.5 Å². The fourth-order valence-electron chi connectivity index (χ4n) is 1.70. The van der Waals surface area contributed by atoms with Crippen molar-refractivity contribution in [2.75, 3.05) is 0 Å². The molecule has 0 unspecified atom stereocenters. The lowest BCUT2D eigenvalue weighted by Crippen LogP contribution is -2.04. The quantitative estimate of drug-likeness (QED) is 0.666. The molecule has 0 saturated heterocycles. The fourth-order valence-corrected chi connectivity index (χ4v) is 1.70. The summed E-state index contributed by atoms with van der Waals surface area (Å²) in [7, 11) is 0. The van der Waals surface area contributed by atoms with Gasteiger partial charge in [-0.05, 0) is 42.3 Å². The molecule has 4 heteroatoms. The molecule has 2 rings (SSSR count). The maximum Gasteiger partial charge on any atom is 0.416 e. The molecule has 2 aromatic carbocycles. The fraction of sp³-hybridized carbons (Fsp3) is 0.294. The Kier molecular flexibility index (Phi) is 6.28. The van der Waals surface area contributed by atoms with E-state index in [1.807, 2.05) is 39.0 Å². The van der Waals surface area contributed by atoms with E-state index in [9.17, 15) is 13.2 Å². The van der Waals surface area contributed by atoms with E-state index in [1.165, 1.54) is 12.1 Å². The van der Waals surface area contributed by atoms with Crippen LogP contribution in [0.3, 0.4) is 0 Å². The number of rotatable bonds is 3. The third-order valence-electron chi connectivity index (χ3n) is 2.70. The van der Waals surface area contributed by atoms with Crippen molar-refractivity contribution in [1.82, 2.24) is 0 Å². The Bertz CT molecular complexity index is 562. The highest BCUT2D eigenvalue weighted by atomic mass is 19.4. The Morgan fingerprint density at radius 3 is 2.05 bits per heavy atom. The van der Waals surface area contributed by atoms with Gasteiger partial charge in [-0.15, -0.1) is 0 Å². The van der Waals surface area contributed by atoms with E-state index >= 15 is 0 Å². The third kappa shape index (κ3) is 5.14. The van der Waals surface area contributed by atoms with E-state index in [1.54, 1.807) is 6.07 Å². The van der Waals surface area contributed by atoms with Crippen LogP contribution in [0.2, 0.25) is 0 Å². The van der Waals surface area contributed by atoms with E-state index in [0.717, 1.165) is 24.1 Å². The van der Waals surface area contributed by atoms with Crippen LogP contribution in [0.5, 0.6) is 11.5 Å². The normalized spacial score (nSPS) is 10.6. The van der Waals surface area contributed by atoms with Gasteiger partial charge in [0, 0.05) is 0 Å². The second-order valence-electron chi connectivity index (χ2n) is 4.13. The van der Waals surface area contributed by atoms with Gasteiger partial charge >= 0.3 is 6.18 Å². The Hall–Kier alpha value is -1.97. The molecular formula is C17H19F3O. The van der Waals surface area contributed by atoms with Crippen LogP contribution in [0.15, 0.2) is 48.5 Å². The molecule has 0 N–H and O–H groups in total. The van der Waals surface area contributed by atoms with E-state index in [2.05, 4.69) is 0 Å². The number of hydrogen-bond donors (Lipinski definition) is 0. The first-order valence-corrected chi connectivity index (χ1v) is 6.93. The zero-order chi connectivity index (χ0) is 15.9. The molecule has 0 spiro atoms. The average molecular weight is 296 g/mol. The molecule has 0 heterocycles. The minimum atomic E-state index is -4.36. The topological polar surface area (TPSA) is 9.23 Å². The molecule has 0 atom stereocenters. The van der Waals surface area contributed by atoms with Gasteiger partial charge in [0.2, 0.25) is 0 Å². The zero-order valence-corrected chi connectivity index (χ0v) is 12.4. The predicted molar refractivity (Wildman–Crippen MR) is 78.7 cm³/mol. The predicted octanol–water partition coefficient (Wildman–Crippen LogP) is 6.09. The van der Waals surface area contributed by atoms with Crippen molar-refractivity contribution in [3.63, 3.8) is 0 Å². The maximum atomic E-state index is 12.6. The summed E-state index contributed by atoms with van der Waals surface area (Å²) < 4.78 is 43.2. The van der Waals surface area contributed by atoms with E-state index in [4.69, 9.17) is 4.74 Å². The van der Waals surface area contributed by atoms with Gasteiger partial charge in [0.05, 0.1) is 5.56 Å². The first-order chi connectivity index (χ1) is 9.99. The van der Waals surface area contributed by atoms with Gasteiger partial charge in [0.25, 0.3) is 0 Å². The Balaban J connectivity index is 0.00000106. The summed E-state index contributed by atoms with van der Waals surface area (Å²) in [5.41, 5.74) is 0.362. The smallest absolute Gasteiger partial charge is 0.416 e. The molecule has 0 amide bonds. The molecule has 0 aromatic heterocycles. The number of aryl methyl sites for hydroxylation is 1. The molecule has 1 nitrogen and oxygen atoms in total. The van der Waals surface area contributed by atoms with Crippen LogP contribution < -0.4 is 4.74 Å². The number of halogens is 3. The molecule has 21 heavy (non-hydrogen) atoms. The van der Waals surface area contributed by atoms with Gasteiger partial charge in [-0.25, -0.2) is 0 Å². The largest absolute Gasteiger partial charge is 0.457 e. The molecule has 0 aliphatic carbocycles. The summed E-state index contributed by atoms with van der Waals surface area (Å²) >= 11 is 0. The lowest BCUT2D eigenvalue weighted by atomic mass is 10.1. The van der Waals surface area contributed by atoms with Crippen molar-refractivity contribution >= 4 is 0 Å². The second-order valence-corrected chi connectivity index (χ2v) is 4.13. The second kappa shape index (κ2) is 7.72. The molecule has 0 fully saturated rings. The summed E-state index contributed by atoms with van der Waals surface area (Å²) in [5, 5.41) is 0. The zero-order valence-electron chi connectivity index (χ0n) is 12.4. The first-order valence-electron chi connectivity index (χ1n) is 6.93. The highest BCUT2D eigenvalue weighted by Crippen LogP contribution is 2.32. The highest BCUT2D eigenvalue weighted by Gasteiger charge is 2.30. The molecular weight excluding hydrogens is 277 g/mol. The third-order valence-corrected chi connectivity index (χ3v) is 2.70. The summed E-state index contributed by atoms with van der Waals surface area (Å²) in [6, 6.07) is 12.2.